The molecule has 0 aliphatic carbocycles. The Balaban J connectivity index is 2.21. The lowest BCUT2D eigenvalue weighted by Gasteiger charge is -2.30. The van der Waals surface area contributed by atoms with Gasteiger partial charge < -0.3 is 15.8 Å². The first-order chi connectivity index (χ1) is 8.13. The van der Waals surface area contributed by atoms with Crippen LogP contribution in [0.4, 0.5) is 0 Å². The summed E-state index contributed by atoms with van der Waals surface area (Å²) < 4.78 is 4.87. The molecule has 17 heavy (non-hydrogen) atoms. The van der Waals surface area contributed by atoms with E-state index in [-0.39, 0.29) is 24.3 Å². The molecule has 1 heterocycles. The van der Waals surface area contributed by atoms with Crippen LogP contribution in [0.25, 0.3) is 0 Å². The molecule has 0 aromatic heterocycles. The van der Waals surface area contributed by atoms with Crippen molar-refractivity contribution in [1.82, 2.24) is 10.2 Å². The Labute approximate surface area is 101 Å². The number of nitrogens with zero attached hydrogens (tertiary/aromatic N) is 1. The van der Waals surface area contributed by atoms with Crippen LogP contribution >= 0.6 is 0 Å². The smallest absolute Gasteiger partial charge is 0.231 e. The van der Waals surface area contributed by atoms with E-state index in [1.165, 1.54) is 0 Å². The van der Waals surface area contributed by atoms with Crippen molar-refractivity contribution < 1.29 is 14.3 Å². The van der Waals surface area contributed by atoms with Gasteiger partial charge in [-0.2, -0.15) is 0 Å². The Morgan fingerprint density at radius 3 is 2.59 bits per heavy atom. The van der Waals surface area contributed by atoms with E-state index in [2.05, 4.69) is 5.32 Å². The Hall–Kier alpha value is -1.14. The molecule has 0 aromatic carbocycles. The maximum atomic E-state index is 11.7. The molecule has 0 spiro atoms. The van der Waals surface area contributed by atoms with Crippen molar-refractivity contribution in [2.75, 3.05) is 39.9 Å². The summed E-state index contributed by atoms with van der Waals surface area (Å²) in [5.41, 5.74) is 5.12. The third kappa shape index (κ3) is 5.14. The summed E-state index contributed by atoms with van der Waals surface area (Å²) >= 11 is 0. The highest BCUT2D eigenvalue weighted by molar-refractivity contribution is 5.79. The van der Waals surface area contributed by atoms with E-state index in [9.17, 15) is 9.59 Å². The van der Waals surface area contributed by atoms with Gasteiger partial charge in [-0.25, -0.2) is 0 Å². The van der Waals surface area contributed by atoms with E-state index in [1.54, 1.807) is 7.11 Å². The van der Waals surface area contributed by atoms with Gasteiger partial charge in [0.25, 0.3) is 0 Å². The van der Waals surface area contributed by atoms with Crippen molar-refractivity contribution in [2.24, 2.45) is 11.7 Å². The van der Waals surface area contributed by atoms with Crippen LogP contribution < -0.4 is 11.1 Å². The van der Waals surface area contributed by atoms with Gasteiger partial charge in [0, 0.05) is 19.6 Å². The minimum absolute atomic E-state index is 0.0518. The summed E-state index contributed by atoms with van der Waals surface area (Å²) in [5.74, 6) is -0.176. The average Bonchev–Trinajstić information content (AvgIpc) is 2.29. The van der Waals surface area contributed by atoms with Gasteiger partial charge in [-0.05, 0) is 25.9 Å². The fourth-order valence-corrected chi connectivity index (χ4v) is 1.99. The standard InChI is InChI=1S/C11H21N3O3/c1-17-7-4-13-11(16)9-2-5-14(6-3-9)8-10(12)15/h9H,2-8H2,1H3,(H2,12,15)(H,13,16). The van der Waals surface area contributed by atoms with Crippen molar-refractivity contribution in [3.63, 3.8) is 0 Å². The molecular formula is C11H21N3O3. The third-order valence-corrected chi connectivity index (χ3v) is 2.94. The first kappa shape index (κ1) is 13.9. The zero-order valence-electron chi connectivity index (χ0n) is 10.3. The largest absolute Gasteiger partial charge is 0.383 e. The highest BCUT2D eigenvalue weighted by atomic mass is 16.5. The number of methoxy groups -OCH3 is 1. The molecule has 1 fully saturated rings. The first-order valence-electron chi connectivity index (χ1n) is 5.90. The highest BCUT2D eigenvalue weighted by Crippen LogP contribution is 2.16. The molecule has 0 bridgehead atoms. The van der Waals surface area contributed by atoms with Gasteiger partial charge in [-0.3, -0.25) is 14.5 Å². The van der Waals surface area contributed by atoms with Gasteiger partial charge in [0.05, 0.1) is 13.2 Å². The minimum Gasteiger partial charge on any atom is -0.383 e. The summed E-state index contributed by atoms with van der Waals surface area (Å²) in [6.45, 7) is 2.89. The van der Waals surface area contributed by atoms with E-state index >= 15 is 0 Å². The summed E-state index contributed by atoms with van der Waals surface area (Å²) in [6.07, 6.45) is 1.57. The Bertz CT molecular complexity index is 263. The van der Waals surface area contributed by atoms with Crippen molar-refractivity contribution in [3.8, 4) is 0 Å². The van der Waals surface area contributed by atoms with Gasteiger partial charge in [0.1, 0.15) is 0 Å². The van der Waals surface area contributed by atoms with E-state index in [0.717, 1.165) is 25.9 Å². The molecule has 1 rings (SSSR count). The number of primary amides is 1. The van der Waals surface area contributed by atoms with E-state index in [1.807, 2.05) is 4.90 Å². The van der Waals surface area contributed by atoms with Gasteiger partial charge in [0.15, 0.2) is 0 Å². The number of piperidine rings is 1. The first-order valence-corrected chi connectivity index (χ1v) is 5.90. The van der Waals surface area contributed by atoms with Gasteiger partial charge in [0.2, 0.25) is 11.8 Å². The molecule has 0 unspecified atom stereocenters. The number of likely N-dealkylation sites (tertiary alicyclic amines) is 1. The van der Waals surface area contributed by atoms with Crippen LogP contribution in [0.5, 0.6) is 0 Å². The summed E-state index contributed by atoms with van der Waals surface area (Å²) in [6, 6.07) is 0. The molecule has 2 amide bonds. The predicted molar refractivity (Wildman–Crippen MR) is 63.2 cm³/mol. The molecule has 0 saturated carbocycles. The zero-order valence-corrected chi connectivity index (χ0v) is 10.3. The number of carbonyl (C=O) groups is 2. The summed E-state index contributed by atoms with van der Waals surface area (Å²) in [4.78, 5) is 24.5. The van der Waals surface area contributed by atoms with Gasteiger partial charge >= 0.3 is 0 Å². The van der Waals surface area contributed by atoms with Crippen molar-refractivity contribution in [3.05, 3.63) is 0 Å². The fourth-order valence-electron chi connectivity index (χ4n) is 1.99. The minimum atomic E-state index is -0.312. The van der Waals surface area contributed by atoms with Crippen LogP contribution in [0.3, 0.4) is 0 Å². The number of ether oxygens (including phenoxy) is 1. The molecule has 3 N–H and O–H groups in total. The van der Waals surface area contributed by atoms with Crippen LogP contribution in [-0.2, 0) is 14.3 Å². The monoisotopic (exact) mass is 243 g/mol. The van der Waals surface area contributed by atoms with Gasteiger partial charge in [-0.1, -0.05) is 0 Å². The van der Waals surface area contributed by atoms with Crippen molar-refractivity contribution in [2.45, 2.75) is 12.8 Å². The number of amides is 2. The number of nitrogens with one attached hydrogen (secondary N) is 1. The van der Waals surface area contributed by atoms with Crippen LogP contribution in [0.2, 0.25) is 0 Å². The Morgan fingerprint density at radius 1 is 1.41 bits per heavy atom. The molecule has 0 aromatic rings. The second-order valence-electron chi connectivity index (χ2n) is 4.30. The lowest BCUT2D eigenvalue weighted by molar-refractivity contribution is -0.126. The second kappa shape index (κ2) is 7.24. The van der Waals surface area contributed by atoms with E-state index < -0.39 is 0 Å². The summed E-state index contributed by atoms with van der Waals surface area (Å²) in [5, 5.41) is 2.83. The molecule has 98 valence electrons. The van der Waals surface area contributed by atoms with Crippen LogP contribution in [0, 0.1) is 5.92 Å². The fraction of sp³-hybridized carbons (Fsp3) is 0.818. The lowest BCUT2D eigenvalue weighted by atomic mass is 9.96. The zero-order chi connectivity index (χ0) is 12.7. The molecule has 1 saturated heterocycles. The maximum Gasteiger partial charge on any atom is 0.231 e. The molecule has 1 aliphatic rings. The van der Waals surface area contributed by atoms with Crippen molar-refractivity contribution >= 4 is 11.8 Å². The lowest BCUT2D eigenvalue weighted by Crippen LogP contribution is -2.43. The SMILES string of the molecule is COCCNC(=O)C1CCN(CC(N)=O)CC1. The molecule has 0 radical (unpaired) electrons. The molecular weight excluding hydrogens is 222 g/mol. The quantitative estimate of drug-likeness (QED) is 0.583. The number of hydrogen-bond acceptors (Lipinski definition) is 4. The second-order valence-corrected chi connectivity index (χ2v) is 4.30. The van der Waals surface area contributed by atoms with Crippen LogP contribution in [0.15, 0.2) is 0 Å². The highest BCUT2D eigenvalue weighted by Gasteiger charge is 2.24. The average molecular weight is 243 g/mol. The molecule has 0 atom stereocenters. The van der Waals surface area contributed by atoms with E-state index in [4.69, 9.17) is 10.5 Å². The third-order valence-electron chi connectivity index (χ3n) is 2.94. The molecule has 6 heteroatoms. The van der Waals surface area contributed by atoms with Gasteiger partial charge in [-0.15, -0.1) is 0 Å². The molecule has 6 nitrogen and oxygen atoms in total. The van der Waals surface area contributed by atoms with Crippen LogP contribution in [0.1, 0.15) is 12.8 Å². The predicted octanol–water partition coefficient (Wildman–Crippen LogP) is -1.05. The number of hydrogen-bond donors (Lipinski definition) is 2. The van der Waals surface area contributed by atoms with Crippen LogP contribution in [-0.4, -0.2) is 56.6 Å². The maximum absolute atomic E-state index is 11.7. The normalized spacial score (nSPS) is 17.9. The number of rotatable bonds is 6. The van der Waals surface area contributed by atoms with Crippen molar-refractivity contribution in [1.29, 1.82) is 0 Å². The Kier molecular flexibility index (Phi) is 5.93. The number of carbonyl (C=O) groups excluding carboxylic acids is 2. The molecule has 1 aliphatic heterocycles. The summed E-state index contributed by atoms with van der Waals surface area (Å²) in [7, 11) is 1.61. The van der Waals surface area contributed by atoms with E-state index in [0.29, 0.717) is 13.2 Å². The Morgan fingerprint density at radius 2 is 2.06 bits per heavy atom. The topological polar surface area (TPSA) is 84.7 Å². The number of nitrogens with two attached hydrogens (primary N) is 1.